The molecule has 0 aliphatic carbocycles. The first kappa shape index (κ1) is 19.4. The quantitative estimate of drug-likeness (QED) is 0.270. The van der Waals surface area contributed by atoms with E-state index in [9.17, 15) is 4.79 Å². The Hall–Kier alpha value is -2.87. The Kier molecular flexibility index (Phi) is 5.53. The van der Waals surface area contributed by atoms with Gasteiger partial charge in [0.25, 0.3) is 0 Å². The van der Waals surface area contributed by atoms with Gasteiger partial charge in [0.1, 0.15) is 6.61 Å². The summed E-state index contributed by atoms with van der Waals surface area (Å²) in [6, 6.07) is 18.2. The monoisotopic (exact) mass is 499 g/mol. The van der Waals surface area contributed by atoms with Crippen LogP contribution in [0.3, 0.4) is 0 Å². The van der Waals surface area contributed by atoms with Gasteiger partial charge in [-0.1, -0.05) is 47.6 Å². The maximum atomic E-state index is 11.8. The Balaban J connectivity index is 1.63. The third-order valence-electron chi connectivity index (χ3n) is 4.69. The van der Waals surface area contributed by atoms with Crippen molar-refractivity contribution in [2.45, 2.75) is 13.5 Å². The lowest BCUT2D eigenvalue weighted by Gasteiger charge is -2.15. The highest BCUT2D eigenvalue weighted by Crippen LogP contribution is 2.36. The SMILES string of the molecule is COc1cc(/C=C2/C(=O)ON=C2C)cc(I)c1OCc1cccc2ccccc12. The van der Waals surface area contributed by atoms with Gasteiger partial charge >= 0.3 is 5.97 Å². The van der Waals surface area contributed by atoms with Crippen LogP contribution in [0.15, 0.2) is 65.3 Å². The van der Waals surface area contributed by atoms with Gasteiger partial charge < -0.3 is 14.3 Å². The van der Waals surface area contributed by atoms with Crippen LogP contribution in [0.2, 0.25) is 0 Å². The van der Waals surface area contributed by atoms with Gasteiger partial charge in [-0.2, -0.15) is 0 Å². The molecule has 0 saturated carbocycles. The lowest BCUT2D eigenvalue weighted by Crippen LogP contribution is -2.03. The average Bonchev–Trinajstić information content (AvgIpc) is 3.04. The Morgan fingerprint density at radius 1 is 1.14 bits per heavy atom. The molecular weight excluding hydrogens is 481 g/mol. The number of carbonyl (C=O) groups excluding carboxylic acids is 1. The van der Waals surface area contributed by atoms with Gasteiger partial charge in [-0.05, 0) is 69.6 Å². The molecule has 0 N–H and O–H groups in total. The summed E-state index contributed by atoms with van der Waals surface area (Å²) < 4.78 is 12.6. The van der Waals surface area contributed by atoms with Crippen LogP contribution in [0, 0.1) is 3.57 Å². The van der Waals surface area contributed by atoms with E-state index in [2.05, 4.69) is 52.0 Å². The molecule has 5 nitrogen and oxygen atoms in total. The number of rotatable bonds is 5. The molecule has 29 heavy (non-hydrogen) atoms. The molecule has 0 amide bonds. The summed E-state index contributed by atoms with van der Waals surface area (Å²) in [6.45, 7) is 2.16. The van der Waals surface area contributed by atoms with Crippen LogP contribution in [0.5, 0.6) is 11.5 Å². The normalized spacial score (nSPS) is 14.8. The molecule has 0 fully saturated rings. The number of oxime groups is 1. The molecule has 1 aliphatic rings. The lowest BCUT2D eigenvalue weighted by molar-refractivity contribution is -0.136. The van der Waals surface area contributed by atoms with E-state index in [4.69, 9.17) is 14.3 Å². The van der Waals surface area contributed by atoms with Gasteiger partial charge in [0, 0.05) is 0 Å². The van der Waals surface area contributed by atoms with Gasteiger partial charge in [0.15, 0.2) is 11.5 Å². The first-order valence-electron chi connectivity index (χ1n) is 9.02. The minimum absolute atomic E-state index is 0.423. The highest BCUT2D eigenvalue weighted by molar-refractivity contribution is 14.1. The Morgan fingerprint density at radius 2 is 1.93 bits per heavy atom. The third-order valence-corrected chi connectivity index (χ3v) is 5.49. The number of methoxy groups -OCH3 is 1. The first-order valence-corrected chi connectivity index (χ1v) is 10.1. The fourth-order valence-electron chi connectivity index (χ4n) is 3.22. The molecule has 0 saturated heterocycles. The number of ether oxygens (including phenoxy) is 2. The van der Waals surface area contributed by atoms with Crippen LogP contribution in [-0.4, -0.2) is 18.8 Å². The number of hydrogen-bond donors (Lipinski definition) is 0. The van der Waals surface area contributed by atoms with Crippen LogP contribution in [0.4, 0.5) is 0 Å². The van der Waals surface area contributed by atoms with Crippen molar-refractivity contribution in [2.24, 2.45) is 5.16 Å². The molecule has 3 aromatic rings. The maximum Gasteiger partial charge on any atom is 0.367 e. The fraction of sp³-hybridized carbons (Fsp3) is 0.130. The highest BCUT2D eigenvalue weighted by Gasteiger charge is 2.22. The summed E-state index contributed by atoms with van der Waals surface area (Å²) in [7, 11) is 1.60. The highest BCUT2D eigenvalue weighted by atomic mass is 127. The summed E-state index contributed by atoms with van der Waals surface area (Å²) in [5.74, 6) is 0.820. The molecule has 0 radical (unpaired) electrons. The zero-order chi connectivity index (χ0) is 20.4. The summed E-state index contributed by atoms with van der Waals surface area (Å²) in [5, 5.41) is 6.05. The maximum absolute atomic E-state index is 11.8. The number of nitrogens with zero attached hydrogens (tertiary/aromatic N) is 1. The number of halogens is 1. The van der Waals surface area contributed by atoms with Crippen LogP contribution < -0.4 is 9.47 Å². The topological polar surface area (TPSA) is 57.1 Å². The van der Waals surface area contributed by atoms with E-state index in [1.807, 2.05) is 30.3 Å². The van der Waals surface area contributed by atoms with Crippen LogP contribution in [0.1, 0.15) is 18.1 Å². The lowest BCUT2D eigenvalue weighted by atomic mass is 10.1. The van der Waals surface area contributed by atoms with Crippen LogP contribution in [-0.2, 0) is 16.2 Å². The number of hydrogen-bond acceptors (Lipinski definition) is 5. The summed E-state index contributed by atoms with van der Waals surface area (Å²) >= 11 is 2.21. The third kappa shape index (κ3) is 3.98. The van der Waals surface area contributed by atoms with E-state index < -0.39 is 5.97 Å². The van der Waals surface area contributed by atoms with E-state index in [0.29, 0.717) is 29.4 Å². The minimum Gasteiger partial charge on any atom is -0.493 e. The molecule has 0 atom stereocenters. The molecule has 0 aromatic heterocycles. The van der Waals surface area contributed by atoms with Gasteiger partial charge in [-0.15, -0.1) is 0 Å². The number of benzene rings is 3. The summed E-state index contributed by atoms with van der Waals surface area (Å²) in [6.07, 6.45) is 1.74. The smallest absolute Gasteiger partial charge is 0.367 e. The largest absolute Gasteiger partial charge is 0.493 e. The molecule has 6 heteroatoms. The molecule has 3 aromatic carbocycles. The van der Waals surface area contributed by atoms with Crippen LogP contribution in [0.25, 0.3) is 16.8 Å². The molecule has 1 heterocycles. The van der Waals surface area contributed by atoms with Crippen molar-refractivity contribution >= 4 is 51.1 Å². The fourth-order valence-corrected chi connectivity index (χ4v) is 4.00. The molecule has 0 bridgehead atoms. The van der Waals surface area contributed by atoms with E-state index >= 15 is 0 Å². The van der Waals surface area contributed by atoms with Gasteiger partial charge in [0.05, 0.1) is 22.0 Å². The van der Waals surface area contributed by atoms with E-state index in [0.717, 1.165) is 14.7 Å². The average molecular weight is 499 g/mol. The first-order chi connectivity index (χ1) is 14.1. The molecule has 0 spiro atoms. The zero-order valence-electron chi connectivity index (χ0n) is 15.9. The second-order valence-corrected chi connectivity index (χ2v) is 7.74. The van der Waals surface area contributed by atoms with Crippen molar-refractivity contribution in [3.05, 3.63) is 74.9 Å². The van der Waals surface area contributed by atoms with Gasteiger partial charge in [0.2, 0.25) is 0 Å². The van der Waals surface area contributed by atoms with Gasteiger partial charge in [-0.3, -0.25) is 0 Å². The number of fused-ring (bicyclic) bond motifs is 1. The van der Waals surface area contributed by atoms with Crippen molar-refractivity contribution in [2.75, 3.05) is 7.11 Å². The summed E-state index contributed by atoms with van der Waals surface area (Å²) in [5.41, 5.74) is 2.91. The summed E-state index contributed by atoms with van der Waals surface area (Å²) in [4.78, 5) is 16.5. The van der Waals surface area contributed by atoms with Crippen molar-refractivity contribution in [3.63, 3.8) is 0 Å². The van der Waals surface area contributed by atoms with Crippen molar-refractivity contribution < 1.29 is 19.1 Å². The van der Waals surface area contributed by atoms with Crippen molar-refractivity contribution in [3.8, 4) is 11.5 Å². The van der Waals surface area contributed by atoms with Crippen molar-refractivity contribution in [1.82, 2.24) is 0 Å². The predicted octanol–water partition coefficient (Wildman–Crippen LogP) is 5.35. The van der Waals surface area contributed by atoms with E-state index in [-0.39, 0.29) is 0 Å². The zero-order valence-corrected chi connectivity index (χ0v) is 18.1. The molecule has 0 unspecified atom stereocenters. The molecule has 4 rings (SSSR count). The van der Waals surface area contributed by atoms with Crippen LogP contribution >= 0.6 is 22.6 Å². The number of carbonyl (C=O) groups is 1. The van der Waals surface area contributed by atoms with Crippen molar-refractivity contribution in [1.29, 1.82) is 0 Å². The molecule has 146 valence electrons. The minimum atomic E-state index is -0.451. The van der Waals surface area contributed by atoms with E-state index in [1.54, 1.807) is 20.1 Å². The molecule has 1 aliphatic heterocycles. The van der Waals surface area contributed by atoms with E-state index in [1.165, 1.54) is 10.8 Å². The Morgan fingerprint density at radius 3 is 2.69 bits per heavy atom. The Labute approximate surface area is 182 Å². The Bertz CT molecular complexity index is 1160. The standard InChI is InChI=1S/C23H18INO4/c1-14-19(23(26)29-25-14)10-15-11-20(24)22(21(12-15)27-2)28-13-17-8-5-7-16-6-3-4-9-18(16)17/h3-12H,13H2,1-2H3/b19-10+. The molecular formula is C23H18INO4. The second-order valence-electron chi connectivity index (χ2n) is 6.57. The predicted molar refractivity (Wildman–Crippen MR) is 121 cm³/mol. The second kappa shape index (κ2) is 8.24. The van der Waals surface area contributed by atoms with Gasteiger partial charge in [-0.25, -0.2) is 4.79 Å².